The Balaban J connectivity index is 2.53. The summed E-state index contributed by atoms with van der Waals surface area (Å²) in [6.07, 6.45) is 3.03. The molecule has 3 heteroatoms. The third kappa shape index (κ3) is 2.71. The Labute approximate surface area is 85.8 Å². The number of hydrogen-bond donors (Lipinski definition) is 0. The molecule has 0 spiro atoms. The first-order valence-electron chi connectivity index (χ1n) is 5.38. The number of ether oxygens (including phenoxy) is 2. The highest BCUT2D eigenvalue weighted by atomic mass is 16.5. The van der Waals surface area contributed by atoms with E-state index in [1.165, 1.54) is 0 Å². The maximum absolute atomic E-state index is 11.6. The van der Waals surface area contributed by atoms with Crippen LogP contribution in [0, 0.1) is 11.8 Å². The van der Waals surface area contributed by atoms with Crippen LogP contribution >= 0.6 is 0 Å². The highest BCUT2D eigenvalue weighted by molar-refractivity contribution is 5.73. The number of methoxy groups -OCH3 is 1. The second-order valence-corrected chi connectivity index (χ2v) is 4.05. The van der Waals surface area contributed by atoms with Gasteiger partial charge in [0.05, 0.1) is 18.6 Å². The molecule has 0 radical (unpaired) electrons. The summed E-state index contributed by atoms with van der Waals surface area (Å²) < 4.78 is 10.4. The average molecular weight is 200 g/mol. The Morgan fingerprint density at radius 3 is 2.71 bits per heavy atom. The number of esters is 1. The molecule has 0 amide bonds. The molecule has 0 aromatic rings. The second-order valence-electron chi connectivity index (χ2n) is 4.05. The molecule has 3 nitrogen and oxygen atoms in total. The first-order chi connectivity index (χ1) is 6.69. The molecule has 3 atom stereocenters. The lowest BCUT2D eigenvalue weighted by Crippen LogP contribution is -2.36. The fraction of sp³-hybridized carbons (Fsp3) is 0.909. The Hall–Kier alpha value is -0.570. The van der Waals surface area contributed by atoms with Gasteiger partial charge in [-0.25, -0.2) is 0 Å². The number of carbonyl (C=O) groups is 1. The molecular formula is C11H20O3. The number of hydrogen-bond acceptors (Lipinski definition) is 3. The molecule has 1 saturated carbocycles. The van der Waals surface area contributed by atoms with Gasteiger partial charge in [0.2, 0.25) is 0 Å². The maximum Gasteiger partial charge on any atom is 0.311 e. The summed E-state index contributed by atoms with van der Waals surface area (Å²) in [5.41, 5.74) is 0. The SMILES string of the molecule is CCOC(=O)C1CCC(C)CC1OC. The summed E-state index contributed by atoms with van der Waals surface area (Å²) >= 11 is 0. The normalized spacial score (nSPS) is 32.6. The van der Waals surface area contributed by atoms with Crippen molar-refractivity contribution in [2.24, 2.45) is 11.8 Å². The van der Waals surface area contributed by atoms with Gasteiger partial charge < -0.3 is 9.47 Å². The van der Waals surface area contributed by atoms with Gasteiger partial charge in [-0.2, -0.15) is 0 Å². The predicted octanol–water partition coefficient (Wildman–Crippen LogP) is 2.00. The van der Waals surface area contributed by atoms with E-state index in [1.807, 2.05) is 6.92 Å². The minimum absolute atomic E-state index is 0.0452. The average Bonchev–Trinajstić information content (AvgIpc) is 2.17. The molecule has 3 unspecified atom stereocenters. The molecule has 0 N–H and O–H groups in total. The molecule has 0 aromatic carbocycles. The molecule has 1 aliphatic rings. The third-order valence-electron chi connectivity index (χ3n) is 2.95. The molecule has 1 rings (SSSR count). The van der Waals surface area contributed by atoms with Crippen LogP contribution in [0.2, 0.25) is 0 Å². The standard InChI is InChI=1S/C11H20O3/c1-4-14-11(12)9-6-5-8(2)7-10(9)13-3/h8-10H,4-7H2,1-3H3. The lowest BCUT2D eigenvalue weighted by Gasteiger charge is -2.32. The maximum atomic E-state index is 11.6. The molecule has 1 fully saturated rings. The molecule has 0 aromatic heterocycles. The van der Waals surface area contributed by atoms with Gasteiger partial charge in [-0.15, -0.1) is 0 Å². The van der Waals surface area contributed by atoms with Gasteiger partial charge >= 0.3 is 5.97 Å². The molecule has 0 heterocycles. The van der Waals surface area contributed by atoms with Crippen LogP contribution in [0.25, 0.3) is 0 Å². The Morgan fingerprint density at radius 2 is 2.14 bits per heavy atom. The summed E-state index contributed by atoms with van der Waals surface area (Å²) in [5, 5.41) is 0. The lowest BCUT2D eigenvalue weighted by molar-refractivity contribution is -0.155. The minimum Gasteiger partial charge on any atom is -0.466 e. The van der Waals surface area contributed by atoms with Gasteiger partial charge in [0.1, 0.15) is 0 Å². The van der Waals surface area contributed by atoms with Gasteiger partial charge in [0.25, 0.3) is 0 Å². The molecule has 82 valence electrons. The predicted molar refractivity (Wildman–Crippen MR) is 53.9 cm³/mol. The third-order valence-corrected chi connectivity index (χ3v) is 2.95. The van der Waals surface area contributed by atoms with Crippen LogP contribution in [0.3, 0.4) is 0 Å². The van der Waals surface area contributed by atoms with Crippen molar-refractivity contribution in [3.05, 3.63) is 0 Å². The summed E-state index contributed by atoms with van der Waals surface area (Å²) in [5.74, 6) is 0.521. The minimum atomic E-state index is -0.0914. The van der Waals surface area contributed by atoms with Gasteiger partial charge in [-0.05, 0) is 32.1 Å². The lowest BCUT2D eigenvalue weighted by atomic mass is 9.80. The van der Waals surface area contributed by atoms with E-state index in [-0.39, 0.29) is 18.0 Å². The molecule has 0 bridgehead atoms. The molecule has 0 aliphatic heterocycles. The highest BCUT2D eigenvalue weighted by Crippen LogP contribution is 2.31. The zero-order chi connectivity index (χ0) is 10.6. The summed E-state index contributed by atoms with van der Waals surface area (Å²) in [7, 11) is 1.68. The second kappa shape index (κ2) is 5.35. The Bertz CT molecular complexity index is 191. The van der Waals surface area contributed by atoms with Crippen molar-refractivity contribution in [2.45, 2.75) is 39.2 Å². The van der Waals surface area contributed by atoms with Crippen LogP contribution in [0.4, 0.5) is 0 Å². The van der Waals surface area contributed by atoms with Crippen molar-refractivity contribution in [1.82, 2.24) is 0 Å². The van der Waals surface area contributed by atoms with Crippen molar-refractivity contribution < 1.29 is 14.3 Å². The van der Waals surface area contributed by atoms with E-state index in [2.05, 4.69) is 6.92 Å². The largest absolute Gasteiger partial charge is 0.466 e. The zero-order valence-electron chi connectivity index (χ0n) is 9.29. The highest BCUT2D eigenvalue weighted by Gasteiger charge is 2.34. The van der Waals surface area contributed by atoms with E-state index in [0.29, 0.717) is 12.5 Å². The van der Waals surface area contributed by atoms with Crippen LogP contribution in [0.5, 0.6) is 0 Å². The van der Waals surface area contributed by atoms with Crippen molar-refractivity contribution in [2.75, 3.05) is 13.7 Å². The van der Waals surface area contributed by atoms with Gasteiger partial charge in [-0.1, -0.05) is 6.92 Å². The topological polar surface area (TPSA) is 35.5 Å². The fourth-order valence-corrected chi connectivity index (χ4v) is 2.11. The summed E-state index contributed by atoms with van der Waals surface area (Å²) in [4.78, 5) is 11.6. The summed E-state index contributed by atoms with van der Waals surface area (Å²) in [6, 6.07) is 0. The molecule has 1 aliphatic carbocycles. The van der Waals surface area contributed by atoms with Crippen molar-refractivity contribution in [3.8, 4) is 0 Å². The first-order valence-corrected chi connectivity index (χ1v) is 5.38. The smallest absolute Gasteiger partial charge is 0.311 e. The first kappa shape index (κ1) is 11.5. The Morgan fingerprint density at radius 1 is 1.43 bits per heavy atom. The van der Waals surface area contributed by atoms with E-state index in [0.717, 1.165) is 19.3 Å². The Kier molecular flexibility index (Phi) is 4.39. The zero-order valence-corrected chi connectivity index (χ0v) is 9.29. The summed E-state index contributed by atoms with van der Waals surface area (Å²) in [6.45, 7) is 4.50. The van der Waals surface area contributed by atoms with E-state index >= 15 is 0 Å². The molecule has 14 heavy (non-hydrogen) atoms. The van der Waals surface area contributed by atoms with Gasteiger partial charge in [-0.3, -0.25) is 4.79 Å². The van der Waals surface area contributed by atoms with Crippen molar-refractivity contribution in [1.29, 1.82) is 0 Å². The van der Waals surface area contributed by atoms with Crippen LogP contribution in [0.15, 0.2) is 0 Å². The van der Waals surface area contributed by atoms with Crippen molar-refractivity contribution >= 4 is 5.97 Å². The van der Waals surface area contributed by atoms with E-state index in [9.17, 15) is 4.79 Å². The molecule has 0 saturated heterocycles. The van der Waals surface area contributed by atoms with Crippen LogP contribution in [0.1, 0.15) is 33.1 Å². The van der Waals surface area contributed by atoms with Crippen LogP contribution in [-0.4, -0.2) is 25.8 Å². The van der Waals surface area contributed by atoms with Gasteiger partial charge in [0.15, 0.2) is 0 Å². The van der Waals surface area contributed by atoms with E-state index in [4.69, 9.17) is 9.47 Å². The van der Waals surface area contributed by atoms with Crippen molar-refractivity contribution in [3.63, 3.8) is 0 Å². The fourth-order valence-electron chi connectivity index (χ4n) is 2.11. The van der Waals surface area contributed by atoms with Gasteiger partial charge in [0, 0.05) is 7.11 Å². The number of carbonyl (C=O) groups excluding carboxylic acids is 1. The van der Waals surface area contributed by atoms with E-state index in [1.54, 1.807) is 7.11 Å². The quantitative estimate of drug-likeness (QED) is 0.654. The van der Waals surface area contributed by atoms with Crippen LogP contribution < -0.4 is 0 Å². The number of rotatable bonds is 3. The molecular weight excluding hydrogens is 180 g/mol. The monoisotopic (exact) mass is 200 g/mol. The van der Waals surface area contributed by atoms with E-state index < -0.39 is 0 Å². The van der Waals surface area contributed by atoms with Crippen LogP contribution in [-0.2, 0) is 14.3 Å².